The summed E-state index contributed by atoms with van der Waals surface area (Å²) in [5, 5.41) is 14.8. The number of hydrogen-bond donors (Lipinski definition) is 3. The van der Waals surface area contributed by atoms with Crippen LogP contribution in [0.3, 0.4) is 0 Å². The second-order valence-electron chi connectivity index (χ2n) is 5.11. The maximum atomic E-state index is 14.0. The third-order valence-electron chi connectivity index (χ3n) is 3.52. The number of nitrogens with one attached hydrogen (secondary N) is 2. The predicted octanol–water partition coefficient (Wildman–Crippen LogP) is 2.68. The van der Waals surface area contributed by atoms with Crippen molar-refractivity contribution < 1.29 is 22.7 Å². The van der Waals surface area contributed by atoms with Crippen LogP contribution < -0.4 is 10.6 Å². The molecule has 1 aliphatic rings. The average Bonchev–Trinajstić information content (AvgIpc) is 2.53. The van der Waals surface area contributed by atoms with Gasteiger partial charge in [0.1, 0.15) is 11.6 Å². The fourth-order valence-electron chi connectivity index (χ4n) is 2.29. The number of benzene rings is 1. The van der Waals surface area contributed by atoms with E-state index in [9.17, 15) is 22.7 Å². The summed E-state index contributed by atoms with van der Waals surface area (Å²) in [4.78, 5) is 8.01. The highest BCUT2D eigenvalue weighted by Crippen LogP contribution is 2.30. The monoisotopic (exact) mass is 340 g/mol. The molecular weight excluding hydrogens is 328 g/mol. The molecule has 0 aliphatic carbocycles. The molecule has 0 bridgehead atoms. The van der Waals surface area contributed by atoms with Crippen LogP contribution in [0.4, 0.5) is 17.6 Å². The van der Waals surface area contributed by atoms with Crippen LogP contribution in [0.15, 0.2) is 47.8 Å². The van der Waals surface area contributed by atoms with Crippen molar-refractivity contribution in [2.75, 3.05) is 6.54 Å². The van der Waals surface area contributed by atoms with E-state index in [4.69, 9.17) is 0 Å². The van der Waals surface area contributed by atoms with Gasteiger partial charge in [-0.15, -0.1) is 0 Å². The molecular formula is C15H12F4N4O. The summed E-state index contributed by atoms with van der Waals surface area (Å²) >= 11 is 0. The molecule has 0 radical (unpaired) electrons. The molecule has 0 saturated heterocycles. The molecule has 1 aliphatic heterocycles. The lowest BCUT2D eigenvalue weighted by Crippen LogP contribution is -2.31. The molecule has 1 aromatic carbocycles. The van der Waals surface area contributed by atoms with Crippen LogP contribution >= 0.6 is 0 Å². The molecule has 0 amide bonds. The standard InChI is InChI=1S/C15H12F4N4O/c16-10-4-12-11(21-1-2-22-12)3-8(10)5-23-13-7-20-6-9(14(13)24)15(17,18)19/h1-4,7,20,23-24H,5-6H2. The first-order valence-corrected chi connectivity index (χ1v) is 6.92. The fourth-order valence-corrected chi connectivity index (χ4v) is 2.29. The van der Waals surface area contributed by atoms with Crippen molar-refractivity contribution in [1.29, 1.82) is 0 Å². The van der Waals surface area contributed by atoms with E-state index in [1.807, 2.05) is 0 Å². The summed E-state index contributed by atoms with van der Waals surface area (Å²) in [6.07, 6.45) is -0.555. The number of aliphatic hydroxyl groups is 1. The smallest absolute Gasteiger partial charge is 0.418 e. The van der Waals surface area contributed by atoms with Gasteiger partial charge in [0.05, 0.1) is 22.3 Å². The Kier molecular flexibility index (Phi) is 4.00. The van der Waals surface area contributed by atoms with Gasteiger partial charge in [-0.3, -0.25) is 9.97 Å². The summed E-state index contributed by atoms with van der Waals surface area (Å²) in [7, 11) is 0. The van der Waals surface area contributed by atoms with Crippen LogP contribution in [-0.2, 0) is 6.54 Å². The topological polar surface area (TPSA) is 70.1 Å². The van der Waals surface area contributed by atoms with Crippen LogP contribution in [0, 0.1) is 5.82 Å². The number of aliphatic hydroxyl groups excluding tert-OH is 1. The lowest BCUT2D eigenvalue weighted by atomic mass is 10.1. The number of halogens is 4. The molecule has 2 aromatic rings. The van der Waals surface area contributed by atoms with Crippen LogP contribution in [0.1, 0.15) is 5.56 Å². The van der Waals surface area contributed by atoms with Gasteiger partial charge in [-0.05, 0) is 6.07 Å². The highest BCUT2D eigenvalue weighted by atomic mass is 19.4. The summed E-state index contributed by atoms with van der Waals surface area (Å²) < 4.78 is 52.4. The van der Waals surface area contributed by atoms with Crippen LogP contribution in [0.25, 0.3) is 11.0 Å². The van der Waals surface area contributed by atoms with Crippen LogP contribution in [0.2, 0.25) is 0 Å². The van der Waals surface area contributed by atoms with E-state index in [0.717, 1.165) is 0 Å². The molecule has 1 aromatic heterocycles. The third-order valence-corrected chi connectivity index (χ3v) is 3.52. The summed E-state index contributed by atoms with van der Waals surface area (Å²) in [6.45, 7) is -0.651. The fraction of sp³-hybridized carbons (Fsp3) is 0.200. The molecule has 3 rings (SSSR count). The van der Waals surface area contributed by atoms with Gasteiger partial charge in [0.2, 0.25) is 0 Å². The quantitative estimate of drug-likeness (QED) is 0.750. The Morgan fingerprint density at radius 1 is 1.17 bits per heavy atom. The maximum Gasteiger partial charge on any atom is 0.418 e. The normalized spacial score (nSPS) is 15.2. The van der Waals surface area contributed by atoms with Crippen LogP contribution in [-0.4, -0.2) is 27.8 Å². The largest absolute Gasteiger partial charge is 0.505 e. The number of aromatic nitrogens is 2. The molecule has 0 fully saturated rings. The summed E-state index contributed by atoms with van der Waals surface area (Å²) in [6, 6.07) is 2.65. The lowest BCUT2D eigenvalue weighted by Gasteiger charge is -2.21. The molecule has 0 unspecified atom stereocenters. The first-order valence-electron chi connectivity index (χ1n) is 6.92. The number of dihydropyridines is 1. The number of nitrogens with zero attached hydrogens (tertiary/aromatic N) is 2. The molecule has 2 heterocycles. The highest BCUT2D eigenvalue weighted by molar-refractivity contribution is 5.74. The minimum atomic E-state index is -4.65. The van der Waals surface area contributed by atoms with E-state index in [1.54, 1.807) is 0 Å². The van der Waals surface area contributed by atoms with E-state index in [1.165, 1.54) is 30.7 Å². The van der Waals surface area contributed by atoms with Crippen molar-refractivity contribution in [3.63, 3.8) is 0 Å². The van der Waals surface area contributed by atoms with Crippen molar-refractivity contribution in [2.45, 2.75) is 12.7 Å². The van der Waals surface area contributed by atoms with Crippen molar-refractivity contribution in [3.05, 3.63) is 59.1 Å². The van der Waals surface area contributed by atoms with Crippen molar-refractivity contribution >= 4 is 11.0 Å². The zero-order valence-electron chi connectivity index (χ0n) is 12.2. The minimum Gasteiger partial charge on any atom is -0.505 e. The summed E-state index contributed by atoms with van der Waals surface area (Å²) in [5.41, 5.74) is -0.220. The van der Waals surface area contributed by atoms with Gasteiger partial charge in [-0.2, -0.15) is 13.2 Å². The van der Waals surface area contributed by atoms with Crippen molar-refractivity contribution in [3.8, 4) is 0 Å². The molecule has 0 saturated carbocycles. The Morgan fingerprint density at radius 3 is 2.50 bits per heavy atom. The average molecular weight is 340 g/mol. The Balaban J connectivity index is 1.82. The second kappa shape index (κ2) is 5.99. The molecule has 24 heavy (non-hydrogen) atoms. The van der Waals surface area contributed by atoms with Gasteiger partial charge in [-0.25, -0.2) is 4.39 Å². The molecule has 0 spiro atoms. The number of hydrogen-bond acceptors (Lipinski definition) is 5. The Bertz CT molecular complexity index is 845. The van der Waals surface area contributed by atoms with Gasteiger partial charge in [0.25, 0.3) is 0 Å². The van der Waals surface area contributed by atoms with Crippen LogP contribution in [0.5, 0.6) is 0 Å². The van der Waals surface area contributed by atoms with Gasteiger partial charge in [0.15, 0.2) is 0 Å². The van der Waals surface area contributed by atoms with E-state index in [2.05, 4.69) is 20.6 Å². The summed E-state index contributed by atoms with van der Waals surface area (Å²) in [5.74, 6) is -1.47. The maximum absolute atomic E-state index is 14.0. The van der Waals surface area contributed by atoms with Gasteiger partial charge < -0.3 is 15.7 Å². The predicted molar refractivity (Wildman–Crippen MR) is 78.1 cm³/mol. The van der Waals surface area contributed by atoms with Gasteiger partial charge in [-0.1, -0.05) is 0 Å². The molecule has 5 nitrogen and oxygen atoms in total. The Labute approximate surface area is 133 Å². The zero-order chi connectivity index (χ0) is 17.3. The zero-order valence-corrected chi connectivity index (χ0v) is 12.2. The second-order valence-corrected chi connectivity index (χ2v) is 5.11. The third kappa shape index (κ3) is 3.10. The van der Waals surface area contributed by atoms with E-state index in [-0.39, 0.29) is 17.8 Å². The Hall–Kier alpha value is -2.84. The highest BCUT2D eigenvalue weighted by Gasteiger charge is 2.38. The first kappa shape index (κ1) is 16.0. The Morgan fingerprint density at radius 2 is 1.83 bits per heavy atom. The molecule has 0 atom stereocenters. The molecule has 9 heteroatoms. The first-order chi connectivity index (χ1) is 11.4. The SMILES string of the molecule is OC1=C(C(F)(F)F)CNC=C1NCc1cc2nccnc2cc1F. The van der Waals surface area contributed by atoms with E-state index < -0.39 is 29.9 Å². The van der Waals surface area contributed by atoms with Gasteiger partial charge in [0, 0.05) is 43.3 Å². The van der Waals surface area contributed by atoms with Crippen molar-refractivity contribution in [2.24, 2.45) is 0 Å². The number of alkyl halides is 3. The molecule has 3 N–H and O–H groups in total. The van der Waals surface area contributed by atoms with Gasteiger partial charge >= 0.3 is 6.18 Å². The molecule has 126 valence electrons. The van der Waals surface area contributed by atoms with E-state index in [0.29, 0.717) is 11.0 Å². The number of rotatable bonds is 3. The minimum absolute atomic E-state index is 0.124. The van der Waals surface area contributed by atoms with Crippen molar-refractivity contribution in [1.82, 2.24) is 20.6 Å². The van der Waals surface area contributed by atoms with E-state index >= 15 is 0 Å². The number of fused-ring (bicyclic) bond motifs is 1. The lowest BCUT2D eigenvalue weighted by molar-refractivity contribution is -0.0956.